The number of ether oxygens (including phenoxy) is 1. The fourth-order valence-corrected chi connectivity index (χ4v) is 3.85. The quantitative estimate of drug-likeness (QED) is 0.439. The number of amides is 1. The number of benzene rings is 2. The maximum atomic E-state index is 11.7. The summed E-state index contributed by atoms with van der Waals surface area (Å²) in [5, 5.41) is 3.66. The monoisotopic (exact) mass is 425 g/mol. The first-order valence-electron chi connectivity index (χ1n) is 10.8. The molecule has 0 aliphatic heterocycles. The molecule has 1 aliphatic rings. The lowest BCUT2D eigenvalue weighted by atomic mass is 10.2. The number of carbonyl (C=O) groups excluding carboxylic acids is 1. The molecular formula is C24H28ClN3O2. The Morgan fingerprint density at radius 3 is 2.73 bits per heavy atom. The summed E-state index contributed by atoms with van der Waals surface area (Å²) in [5.41, 5.74) is 2.15. The van der Waals surface area contributed by atoms with E-state index >= 15 is 0 Å². The van der Waals surface area contributed by atoms with Crippen LogP contribution in [0.4, 0.5) is 0 Å². The molecule has 0 unspecified atom stereocenters. The zero-order valence-electron chi connectivity index (χ0n) is 17.1. The second-order valence-corrected chi connectivity index (χ2v) is 8.23. The Morgan fingerprint density at radius 1 is 1.10 bits per heavy atom. The average Bonchev–Trinajstić information content (AvgIpc) is 3.55. The molecule has 158 valence electrons. The number of nitrogens with one attached hydrogen (secondary N) is 1. The van der Waals surface area contributed by atoms with Crippen molar-refractivity contribution in [2.75, 3.05) is 13.2 Å². The summed E-state index contributed by atoms with van der Waals surface area (Å²) in [6.45, 7) is 2.03. The minimum absolute atomic E-state index is 0.232. The lowest BCUT2D eigenvalue weighted by Gasteiger charge is -2.12. The molecule has 5 nitrogen and oxygen atoms in total. The summed E-state index contributed by atoms with van der Waals surface area (Å²) in [5.74, 6) is 2.31. The summed E-state index contributed by atoms with van der Waals surface area (Å²) < 4.78 is 8.15. The average molecular weight is 426 g/mol. The van der Waals surface area contributed by atoms with E-state index in [0.29, 0.717) is 17.4 Å². The smallest absolute Gasteiger partial charge is 0.223 e. The number of carbonyl (C=O) groups is 1. The van der Waals surface area contributed by atoms with Gasteiger partial charge in [-0.05, 0) is 49.9 Å². The Hall–Kier alpha value is -2.53. The number of unbranched alkanes of at least 4 members (excludes halogenated alkanes) is 2. The minimum atomic E-state index is 0.232. The first-order chi connectivity index (χ1) is 14.7. The topological polar surface area (TPSA) is 56.2 Å². The number of imidazole rings is 1. The third-order valence-corrected chi connectivity index (χ3v) is 5.78. The second kappa shape index (κ2) is 9.98. The standard InChI is InChI=1S/C24H28ClN3O2/c25-19-8-3-6-11-22(19)30-17-16-28-21-10-5-4-9-20(21)27-23(28)12-2-1-7-15-26-24(29)18-13-14-18/h3-6,8-11,18H,1-2,7,12-17H2,(H,26,29). The number of hydrogen-bond acceptors (Lipinski definition) is 3. The number of aryl methyl sites for hydroxylation is 1. The Kier molecular flexibility index (Phi) is 6.90. The van der Waals surface area contributed by atoms with E-state index in [9.17, 15) is 4.79 Å². The van der Waals surface area contributed by atoms with Gasteiger partial charge in [0.1, 0.15) is 18.2 Å². The van der Waals surface area contributed by atoms with E-state index in [-0.39, 0.29) is 11.8 Å². The molecule has 1 heterocycles. The minimum Gasteiger partial charge on any atom is -0.490 e. The van der Waals surface area contributed by atoms with Gasteiger partial charge in [-0.3, -0.25) is 4.79 Å². The molecular weight excluding hydrogens is 398 g/mol. The molecule has 1 saturated carbocycles. The molecule has 3 aromatic rings. The van der Waals surface area contributed by atoms with Gasteiger partial charge in [-0.15, -0.1) is 0 Å². The van der Waals surface area contributed by atoms with Crippen molar-refractivity contribution in [1.29, 1.82) is 0 Å². The third kappa shape index (κ3) is 5.33. The van der Waals surface area contributed by atoms with Crippen molar-refractivity contribution in [3.8, 4) is 5.75 Å². The number of rotatable bonds is 11. The predicted octanol–water partition coefficient (Wildman–Crippen LogP) is 5.01. The molecule has 30 heavy (non-hydrogen) atoms. The normalized spacial score (nSPS) is 13.5. The van der Waals surface area contributed by atoms with Gasteiger partial charge in [0.2, 0.25) is 5.91 Å². The first-order valence-corrected chi connectivity index (χ1v) is 11.2. The molecule has 1 aliphatic carbocycles. The molecule has 0 radical (unpaired) electrons. The fourth-order valence-electron chi connectivity index (χ4n) is 3.66. The molecule has 2 aromatic carbocycles. The highest BCUT2D eigenvalue weighted by Crippen LogP contribution is 2.28. The van der Waals surface area contributed by atoms with Crippen molar-refractivity contribution in [2.45, 2.75) is 45.1 Å². The second-order valence-electron chi connectivity index (χ2n) is 7.82. The van der Waals surface area contributed by atoms with Gasteiger partial charge in [0.25, 0.3) is 0 Å². The van der Waals surface area contributed by atoms with Crippen LogP contribution < -0.4 is 10.1 Å². The van der Waals surface area contributed by atoms with Gasteiger partial charge in [0.05, 0.1) is 22.6 Å². The lowest BCUT2D eigenvalue weighted by molar-refractivity contribution is -0.122. The number of halogens is 1. The summed E-state index contributed by atoms with van der Waals surface area (Å²) >= 11 is 6.19. The highest BCUT2D eigenvalue weighted by Gasteiger charge is 2.28. The van der Waals surface area contributed by atoms with Crippen LogP contribution in [-0.2, 0) is 17.8 Å². The van der Waals surface area contributed by atoms with E-state index in [1.807, 2.05) is 36.4 Å². The van der Waals surface area contributed by atoms with Crippen LogP contribution in [0, 0.1) is 5.92 Å². The third-order valence-electron chi connectivity index (χ3n) is 5.47. The summed E-state index contributed by atoms with van der Waals surface area (Å²) in [6.07, 6.45) is 6.16. The van der Waals surface area contributed by atoms with Crippen LogP contribution in [0.2, 0.25) is 5.02 Å². The molecule has 1 N–H and O–H groups in total. The zero-order valence-corrected chi connectivity index (χ0v) is 17.9. The van der Waals surface area contributed by atoms with Gasteiger partial charge < -0.3 is 14.6 Å². The summed E-state index contributed by atoms with van der Waals surface area (Å²) in [6, 6.07) is 15.8. The van der Waals surface area contributed by atoms with Crippen LogP contribution in [0.3, 0.4) is 0 Å². The molecule has 0 bridgehead atoms. The molecule has 0 spiro atoms. The van der Waals surface area contributed by atoms with Crippen LogP contribution in [0.25, 0.3) is 11.0 Å². The van der Waals surface area contributed by atoms with Crippen LogP contribution >= 0.6 is 11.6 Å². The number of aromatic nitrogens is 2. The van der Waals surface area contributed by atoms with Crippen LogP contribution in [0.15, 0.2) is 48.5 Å². The van der Waals surface area contributed by atoms with Crippen molar-refractivity contribution >= 4 is 28.5 Å². The Balaban J connectivity index is 1.30. The molecule has 0 atom stereocenters. The van der Waals surface area contributed by atoms with Gasteiger partial charge in [0, 0.05) is 18.9 Å². The van der Waals surface area contributed by atoms with Crippen molar-refractivity contribution in [3.63, 3.8) is 0 Å². The Morgan fingerprint density at radius 2 is 1.90 bits per heavy atom. The number of hydrogen-bond donors (Lipinski definition) is 1. The van der Waals surface area contributed by atoms with Crippen LogP contribution in [-0.4, -0.2) is 28.6 Å². The van der Waals surface area contributed by atoms with E-state index in [1.165, 1.54) is 0 Å². The Labute approximate surface area is 182 Å². The SMILES string of the molecule is O=C(NCCCCCc1nc2ccccc2n1CCOc1ccccc1Cl)C1CC1. The first kappa shape index (κ1) is 20.7. The maximum Gasteiger partial charge on any atom is 0.223 e. The van der Waals surface area contributed by atoms with Gasteiger partial charge >= 0.3 is 0 Å². The highest BCUT2D eigenvalue weighted by atomic mass is 35.5. The van der Waals surface area contributed by atoms with Crippen LogP contribution in [0.1, 0.15) is 37.9 Å². The molecule has 1 amide bonds. The zero-order chi connectivity index (χ0) is 20.8. The number of fused-ring (bicyclic) bond motifs is 1. The van der Waals surface area contributed by atoms with Crippen molar-refractivity contribution in [2.24, 2.45) is 5.92 Å². The summed E-state index contributed by atoms with van der Waals surface area (Å²) in [4.78, 5) is 16.5. The summed E-state index contributed by atoms with van der Waals surface area (Å²) in [7, 11) is 0. The van der Waals surface area contributed by atoms with Gasteiger partial charge in [0.15, 0.2) is 0 Å². The highest BCUT2D eigenvalue weighted by molar-refractivity contribution is 6.32. The maximum absolute atomic E-state index is 11.7. The van der Waals surface area contributed by atoms with E-state index in [2.05, 4.69) is 22.0 Å². The van der Waals surface area contributed by atoms with E-state index in [0.717, 1.165) is 68.5 Å². The molecule has 4 rings (SSSR count). The van der Waals surface area contributed by atoms with E-state index < -0.39 is 0 Å². The molecule has 1 aromatic heterocycles. The molecule has 0 saturated heterocycles. The fraction of sp³-hybridized carbons (Fsp3) is 0.417. The van der Waals surface area contributed by atoms with Crippen molar-refractivity contribution < 1.29 is 9.53 Å². The van der Waals surface area contributed by atoms with E-state index in [1.54, 1.807) is 0 Å². The van der Waals surface area contributed by atoms with Gasteiger partial charge in [-0.25, -0.2) is 4.98 Å². The van der Waals surface area contributed by atoms with Gasteiger partial charge in [-0.2, -0.15) is 0 Å². The lowest BCUT2D eigenvalue weighted by Crippen LogP contribution is -2.25. The van der Waals surface area contributed by atoms with Crippen molar-refractivity contribution in [3.05, 3.63) is 59.4 Å². The van der Waals surface area contributed by atoms with Gasteiger partial charge in [-0.1, -0.05) is 42.3 Å². The molecule has 6 heteroatoms. The number of para-hydroxylation sites is 3. The molecule has 1 fully saturated rings. The largest absolute Gasteiger partial charge is 0.490 e. The van der Waals surface area contributed by atoms with Crippen LogP contribution in [0.5, 0.6) is 5.75 Å². The Bertz CT molecular complexity index is 997. The van der Waals surface area contributed by atoms with E-state index in [4.69, 9.17) is 21.3 Å². The van der Waals surface area contributed by atoms with Crippen molar-refractivity contribution in [1.82, 2.24) is 14.9 Å². The number of nitrogens with zero attached hydrogens (tertiary/aromatic N) is 2. The predicted molar refractivity (Wildman–Crippen MR) is 120 cm³/mol.